The third kappa shape index (κ3) is 6.13. The van der Waals surface area contributed by atoms with Gasteiger partial charge in [-0.25, -0.2) is 0 Å². The van der Waals surface area contributed by atoms with Gasteiger partial charge in [0.05, 0.1) is 0 Å². The molecule has 1 N–H and O–H groups in total. The molecule has 2 rings (SSSR count). The average molecular weight is 360 g/mol. The number of amides is 2. The lowest BCUT2D eigenvalue weighted by atomic mass is 9.94. The predicted molar refractivity (Wildman–Crippen MR) is 105 cm³/mol. The summed E-state index contributed by atoms with van der Waals surface area (Å²) in [6, 6.07) is 8.15. The van der Waals surface area contributed by atoms with E-state index in [4.69, 9.17) is 0 Å². The van der Waals surface area contributed by atoms with Gasteiger partial charge >= 0.3 is 0 Å². The van der Waals surface area contributed by atoms with Crippen molar-refractivity contribution < 1.29 is 9.59 Å². The highest BCUT2D eigenvalue weighted by Gasteiger charge is 2.18. The van der Waals surface area contributed by atoms with Crippen molar-refractivity contribution in [1.29, 1.82) is 0 Å². The first kappa shape index (κ1) is 20.4. The minimum absolute atomic E-state index is 0.0760. The second-order valence-corrected chi connectivity index (χ2v) is 7.41. The number of hydrogen-bond donors (Lipinski definition) is 1. The van der Waals surface area contributed by atoms with E-state index in [1.54, 1.807) is 11.0 Å². The highest BCUT2D eigenvalue weighted by molar-refractivity contribution is 5.95. The topological polar surface area (TPSA) is 52.7 Å². The molecule has 0 unspecified atom stereocenters. The maximum Gasteiger partial charge on any atom is 0.251 e. The number of nitrogens with one attached hydrogen (secondary N) is 1. The molecule has 0 atom stereocenters. The van der Waals surface area contributed by atoms with Crippen molar-refractivity contribution in [1.82, 2.24) is 15.1 Å². The van der Waals surface area contributed by atoms with Crippen LogP contribution in [0, 0.1) is 6.92 Å². The van der Waals surface area contributed by atoms with Crippen LogP contribution in [0.2, 0.25) is 0 Å². The smallest absolute Gasteiger partial charge is 0.251 e. The standard InChI is InChI=1S/C21H33N3O2/c1-17-9-7-8-12-19(17)21(26)22-14-13-20(25)24(3)16-15-23(2)18-10-5-4-6-11-18/h7-9,12,18H,4-6,10-11,13-16H2,1-3H3,(H,22,26). The van der Waals surface area contributed by atoms with Gasteiger partial charge in [-0.2, -0.15) is 0 Å². The van der Waals surface area contributed by atoms with Crippen molar-refractivity contribution in [2.75, 3.05) is 33.7 Å². The third-order valence-corrected chi connectivity index (χ3v) is 5.43. The molecule has 1 aromatic carbocycles. The van der Waals surface area contributed by atoms with E-state index in [9.17, 15) is 9.59 Å². The van der Waals surface area contributed by atoms with E-state index in [0.29, 0.717) is 24.6 Å². The number of hydrogen-bond acceptors (Lipinski definition) is 3. The molecule has 0 radical (unpaired) electrons. The van der Waals surface area contributed by atoms with Gasteiger partial charge in [-0.05, 0) is 38.4 Å². The molecule has 0 spiro atoms. The Kier molecular flexibility index (Phi) is 8.10. The van der Waals surface area contributed by atoms with Gasteiger partial charge in [-0.15, -0.1) is 0 Å². The Morgan fingerprint density at radius 1 is 1.08 bits per heavy atom. The molecule has 1 aliphatic rings. The summed E-state index contributed by atoms with van der Waals surface area (Å²) in [7, 11) is 4.01. The molecule has 1 saturated carbocycles. The Labute approximate surface area is 157 Å². The molecular weight excluding hydrogens is 326 g/mol. The number of aryl methyl sites for hydroxylation is 1. The van der Waals surface area contributed by atoms with Gasteiger partial charge in [-0.3, -0.25) is 9.59 Å². The minimum atomic E-state index is -0.115. The lowest BCUT2D eigenvalue weighted by molar-refractivity contribution is -0.130. The van der Waals surface area contributed by atoms with Crippen molar-refractivity contribution in [3.63, 3.8) is 0 Å². The zero-order chi connectivity index (χ0) is 18.9. The number of nitrogens with zero attached hydrogens (tertiary/aromatic N) is 2. The van der Waals surface area contributed by atoms with Gasteiger partial charge in [0.2, 0.25) is 5.91 Å². The van der Waals surface area contributed by atoms with Crippen LogP contribution in [0.25, 0.3) is 0 Å². The highest BCUT2D eigenvalue weighted by Crippen LogP contribution is 2.21. The third-order valence-electron chi connectivity index (χ3n) is 5.43. The SMILES string of the molecule is Cc1ccccc1C(=O)NCCC(=O)N(C)CCN(C)C1CCCCC1. The van der Waals surface area contributed by atoms with Gasteiger partial charge in [0.1, 0.15) is 0 Å². The van der Waals surface area contributed by atoms with E-state index < -0.39 is 0 Å². The molecule has 0 heterocycles. The van der Waals surface area contributed by atoms with Crippen molar-refractivity contribution in [3.8, 4) is 0 Å². The molecule has 0 saturated heterocycles. The summed E-state index contributed by atoms with van der Waals surface area (Å²) < 4.78 is 0. The fourth-order valence-corrected chi connectivity index (χ4v) is 3.53. The Bertz CT molecular complexity index is 597. The van der Waals surface area contributed by atoms with Crippen molar-refractivity contribution >= 4 is 11.8 Å². The number of carbonyl (C=O) groups excluding carboxylic acids is 2. The molecule has 144 valence electrons. The van der Waals surface area contributed by atoms with Crippen LogP contribution in [0.1, 0.15) is 54.4 Å². The van der Waals surface area contributed by atoms with E-state index in [0.717, 1.165) is 18.7 Å². The zero-order valence-electron chi connectivity index (χ0n) is 16.5. The summed E-state index contributed by atoms with van der Waals surface area (Å²) in [6.07, 6.45) is 6.89. The quantitative estimate of drug-likeness (QED) is 0.776. The number of benzene rings is 1. The molecule has 0 aromatic heterocycles. The Morgan fingerprint density at radius 2 is 1.77 bits per heavy atom. The summed E-state index contributed by atoms with van der Waals surface area (Å²) in [5.74, 6) is -0.0392. The maximum absolute atomic E-state index is 12.3. The molecule has 5 nitrogen and oxygen atoms in total. The number of carbonyl (C=O) groups is 2. The molecule has 26 heavy (non-hydrogen) atoms. The number of rotatable bonds is 8. The first-order chi connectivity index (χ1) is 12.5. The van der Waals surface area contributed by atoms with Crippen LogP contribution in [0.15, 0.2) is 24.3 Å². The summed E-state index contributed by atoms with van der Waals surface area (Å²) in [5, 5.41) is 2.85. The average Bonchev–Trinajstić information content (AvgIpc) is 2.66. The van der Waals surface area contributed by atoms with Crippen LogP contribution in [-0.2, 0) is 4.79 Å². The molecule has 1 fully saturated rings. The Morgan fingerprint density at radius 3 is 2.46 bits per heavy atom. The van der Waals surface area contributed by atoms with Crippen LogP contribution in [-0.4, -0.2) is 61.4 Å². The van der Waals surface area contributed by atoms with Gasteiger partial charge < -0.3 is 15.1 Å². The van der Waals surface area contributed by atoms with Gasteiger partial charge in [0.15, 0.2) is 0 Å². The minimum Gasteiger partial charge on any atom is -0.352 e. The van der Waals surface area contributed by atoms with Crippen LogP contribution in [0.5, 0.6) is 0 Å². The second kappa shape index (κ2) is 10.3. The molecule has 0 aliphatic heterocycles. The fraction of sp³-hybridized carbons (Fsp3) is 0.619. The summed E-state index contributed by atoms with van der Waals surface area (Å²) in [4.78, 5) is 28.6. The normalized spacial score (nSPS) is 15.1. The van der Waals surface area contributed by atoms with E-state index >= 15 is 0 Å². The first-order valence-electron chi connectivity index (χ1n) is 9.77. The van der Waals surface area contributed by atoms with Crippen LogP contribution in [0.4, 0.5) is 0 Å². The summed E-state index contributed by atoms with van der Waals surface area (Å²) >= 11 is 0. The van der Waals surface area contributed by atoms with Gasteiger partial charge in [0.25, 0.3) is 5.91 Å². The number of likely N-dealkylation sites (N-methyl/N-ethyl adjacent to an activating group) is 2. The summed E-state index contributed by atoms with van der Waals surface area (Å²) in [6.45, 7) is 3.92. The van der Waals surface area contributed by atoms with E-state index in [-0.39, 0.29) is 11.8 Å². The van der Waals surface area contributed by atoms with Crippen molar-refractivity contribution in [2.45, 2.75) is 51.5 Å². The van der Waals surface area contributed by atoms with E-state index in [1.807, 2.05) is 32.2 Å². The second-order valence-electron chi connectivity index (χ2n) is 7.41. The lowest BCUT2D eigenvalue weighted by Crippen LogP contribution is -2.40. The Hall–Kier alpha value is -1.88. The molecule has 1 aliphatic carbocycles. The molecule has 2 amide bonds. The van der Waals surface area contributed by atoms with Crippen molar-refractivity contribution in [2.24, 2.45) is 0 Å². The molecule has 0 bridgehead atoms. The van der Waals surface area contributed by atoms with Gasteiger partial charge in [-0.1, -0.05) is 37.5 Å². The molecular formula is C21H33N3O2. The largest absolute Gasteiger partial charge is 0.352 e. The maximum atomic E-state index is 12.3. The van der Waals surface area contributed by atoms with Crippen molar-refractivity contribution in [3.05, 3.63) is 35.4 Å². The lowest BCUT2D eigenvalue weighted by Gasteiger charge is -2.32. The van der Waals surface area contributed by atoms with Crippen LogP contribution in [0.3, 0.4) is 0 Å². The summed E-state index contributed by atoms with van der Waals surface area (Å²) in [5.41, 5.74) is 1.61. The van der Waals surface area contributed by atoms with E-state index in [1.165, 1.54) is 32.1 Å². The molecule has 1 aromatic rings. The van der Waals surface area contributed by atoms with Crippen LogP contribution < -0.4 is 5.32 Å². The highest BCUT2D eigenvalue weighted by atomic mass is 16.2. The first-order valence-corrected chi connectivity index (χ1v) is 9.77. The van der Waals surface area contributed by atoms with Gasteiger partial charge in [0, 0.05) is 44.7 Å². The molecule has 5 heteroatoms. The predicted octanol–water partition coefficient (Wildman–Crippen LogP) is 2.84. The fourth-order valence-electron chi connectivity index (χ4n) is 3.53. The Balaban J connectivity index is 1.67. The zero-order valence-corrected chi connectivity index (χ0v) is 16.5. The van der Waals surface area contributed by atoms with E-state index in [2.05, 4.69) is 17.3 Å². The van der Waals surface area contributed by atoms with Crippen LogP contribution >= 0.6 is 0 Å². The monoisotopic (exact) mass is 359 g/mol.